The number of ether oxygens (including phenoxy) is 1. The predicted molar refractivity (Wildman–Crippen MR) is 128 cm³/mol. The number of amides is 2. The molecule has 2 saturated heterocycles. The molecule has 174 valence electrons. The Labute approximate surface area is 195 Å². The number of methoxy groups -OCH3 is 1. The van der Waals surface area contributed by atoms with Crippen molar-refractivity contribution in [1.29, 1.82) is 0 Å². The van der Waals surface area contributed by atoms with Crippen molar-refractivity contribution in [3.63, 3.8) is 0 Å². The van der Waals surface area contributed by atoms with Crippen LogP contribution in [0.3, 0.4) is 0 Å². The molecule has 3 unspecified atom stereocenters. The molecule has 33 heavy (non-hydrogen) atoms. The normalized spacial score (nSPS) is 25.8. The number of rotatable bonds is 6. The summed E-state index contributed by atoms with van der Waals surface area (Å²) >= 11 is 0. The number of nitrogens with zero attached hydrogens (tertiary/aromatic N) is 2. The van der Waals surface area contributed by atoms with Gasteiger partial charge in [-0.15, -0.1) is 0 Å². The molecule has 2 aromatic carbocycles. The van der Waals surface area contributed by atoms with Gasteiger partial charge in [0.2, 0.25) is 11.8 Å². The summed E-state index contributed by atoms with van der Waals surface area (Å²) in [5.74, 6) is 0.445. The average molecular weight is 448 g/mol. The number of likely N-dealkylation sites (tertiary alicyclic amines) is 1. The minimum Gasteiger partial charge on any atom is -0.496 e. The number of hydrogen-bond acceptors (Lipinski definition) is 4. The van der Waals surface area contributed by atoms with Gasteiger partial charge in [-0.1, -0.05) is 35.9 Å². The van der Waals surface area contributed by atoms with Crippen molar-refractivity contribution in [2.24, 2.45) is 5.92 Å². The molecule has 3 atom stereocenters. The van der Waals surface area contributed by atoms with E-state index in [0.717, 1.165) is 42.4 Å². The van der Waals surface area contributed by atoms with E-state index >= 15 is 0 Å². The van der Waals surface area contributed by atoms with Crippen LogP contribution in [0.1, 0.15) is 49.3 Å². The Balaban J connectivity index is 1.46. The van der Waals surface area contributed by atoms with Gasteiger partial charge in [0.25, 0.3) is 0 Å². The summed E-state index contributed by atoms with van der Waals surface area (Å²) in [6, 6.07) is 16.2. The third kappa shape index (κ3) is 4.49. The Morgan fingerprint density at radius 3 is 2.52 bits per heavy atom. The summed E-state index contributed by atoms with van der Waals surface area (Å²) in [5, 5.41) is 3.34. The maximum atomic E-state index is 13.7. The van der Waals surface area contributed by atoms with Crippen LogP contribution in [-0.4, -0.2) is 49.0 Å². The minimum absolute atomic E-state index is 0.0400. The van der Waals surface area contributed by atoms with Crippen LogP contribution in [0.2, 0.25) is 0 Å². The molecule has 0 aromatic heterocycles. The Hall–Kier alpha value is -2.86. The Kier molecular flexibility index (Phi) is 6.11. The highest BCUT2D eigenvalue weighted by atomic mass is 16.5. The number of hydrogen-bond donors (Lipinski definition) is 1. The van der Waals surface area contributed by atoms with Crippen molar-refractivity contribution in [1.82, 2.24) is 10.2 Å². The van der Waals surface area contributed by atoms with E-state index in [1.165, 1.54) is 12.8 Å². The van der Waals surface area contributed by atoms with Crippen LogP contribution in [0.4, 0.5) is 5.69 Å². The summed E-state index contributed by atoms with van der Waals surface area (Å²) in [5.41, 5.74) is 2.83. The van der Waals surface area contributed by atoms with E-state index in [0.29, 0.717) is 18.6 Å². The highest BCUT2D eigenvalue weighted by Gasteiger charge is 2.43. The summed E-state index contributed by atoms with van der Waals surface area (Å²) in [6.07, 6.45) is 4.46. The Morgan fingerprint density at radius 2 is 1.79 bits per heavy atom. The van der Waals surface area contributed by atoms with Gasteiger partial charge in [0.15, 0.2) is 0 Å². The smallest absolute Gasteiger partial charge is 0.227 e. The molecule has 3 aliphatic rings. The zero-order valence-corrected chi connectivity index (χ0v) is 19.5. The molecular weight excluding hydrogens is 414 g/mol. The quantitative estimate of drug-likeness (QED) is 0.731. The molecule has 0 spiro atoms. The summed E-state index contributed by atoms with van der Waals surface area (Å²) in [7, 11) is 1.64. The first kappa shape index (κ1) is 22.0. The fourth-order valence-corrected chi connectivity index (χ4v) is 5.43. The van der Waals surface area contributed by atoms with Crippen LogP contribution in [0, 0.1) is 12.8 Å². The van der Waals surface area contributed by atoms with Crippen LogP contribution in [-0.2, 0) is 9.59 Å². The van der Waals surface area contributed by atoms with Gasteiger partial charge < -0.3 is 15.0 Å². The minimum atomic E-state index is -0.411. The first-order valence-electron chi connectivity index (χ1n) is 12.1. The molecule has 2 aliphatic heterocycles. The summed E-state index contributed by atoms with van der Waals surface area (Å²) in [6.45, 7) is 4.02. The van der Waals surface area contributed by atoms with Gasteiger partial charge in [-0.2, -0.15) is 0 Å². The largest absolute Gasteiger partial charge is 0.496 e. The van der Waals surface area contributed by atoms with E-state index < -0.39 is 6.04 Å². The van der Waals surface area contributed by atoms with E-state index in [1.54, 1.807) is 7.11 Å². The van der Waals surface area contributed by atoms with Crippen LogP contribution in [0.5, 0.6) is 5.75 Å². The maximum Gasteiger partial charge on any atom is 0.227 e. The van der Waals surface area contributed by atoms with E-state index in [9.17, 15) is 9.59 Å². The summed E-state index contributed by atoms with van der Waals surface area (Å²) < 4.78 is 5.67. The lowest BCUT2D eigenvalue weighted by molar-refractivity contribution is -0.129. The SMILES string of the molecule is COc1ccccc1C1C(C(=O)NC2CCN(C3CC3)C2)CCC(=O)N1c1ccc(C)cc1. The fraction of sp³-hybridized carbons (Fsp3) is 0.481. The van der Waals surface area contributed by atoms with Crippen molar-refractivity contribution in [2.45, 2.75) is 57.2 Å². The summed E-state index contributed by atoms with van der Waals surface area (Å²) in [4.78, 5) is 31.2. The second-order valence-corrected chi connectivity index (χ2v) is 9.65. The number of piperidine rings is 1. The molecule has 6 nitrogen and oxygen atoms in total. The second-order valence-electron chi connectivity index (χ2n) is 9.65. The first-order chi connectivity index (χ1) is 16.0. The number of para-hydroxylation sites is 1. The van der Waals surface area contributed by atoms with Crippen molar-refractivity contribution in [2.75, 3.05) is 25.1 Å². The fourth-order valence-electron chi connectivity index (χ4n) is 5.43. The van der Waals surface area contributed by atoms with E-state index in [1.807, 2.05) is 60.4 Å². The third-order valence-electron chi connectivity index (χ3n) is 7.33. The average Bonchev–Trinajstić information content (AvgIpc) is 3.58. The molecule has 0 bridgehead atoms. The number of aryl methyl sites for hydroxylation is 1. The molecule has 5 rings (SSSR count). The van der Waals surface area contributed by atoms with Gasteiger partial charge in [-0.05, 0) is 50.8 Å². The molecule has 1 saturated carbocycles. The molecule has 1 N–H and O–H groups in total. The molecule has 2 heterocycles. The lowest BCUT2D eigenvalue weighted by atomic mass is 9.82. The van der Waals surface area contributed by atoms with E-state index in [-0.39, 0.29) is 23.8 Å². The zero-order chi connectivity index (χ0) is 22.9. The van der Waals surface area contributed by atoms with Gasteiger partial charge >= 0.3 is 0 Å². The highest BCUT2D eigenvalue weighted by Crippen LogP contribution is 2.43. The number of carbonyl (C=O) groups is 2. The van der Waals surface area contributed by atoms with Crippen LogP contribution in [0.15, 0.2) is 48.5 Å². The van der Waals surface area contributed by atoms with Crippen molar-refractivity contribution in [3.05, 3.63) is 59.7 Å². The van der Waals surface area contributed by atoms with E-state index in [4.69, 9.17) is 4.74 Å². The highest BCUT2D eigenvalue weighted by molar-refractivity contribution is 5.97. The lowest BCUT2D eigenvalue weighted by Crippen LogP contribution is -2.50. The number of nitrogens with one attached hydrogen (secondary N) is 1. The molecule has 2 aromatic rings. The van der Waals surface area contributed by atoms with Crippen LogP contribution in [0.25, 0.3) is 0 Å². The monoisotopic (exact) mass is 447 g/mol. The lowest BCUT2D eigenvalue weighted by Gasteiger charge is -2.41. The van der Waals surface area contributed by atoms with Crippen molar-refractivity contribution in [3.8, 4) is 5.75 Å². The first-order valence-corrected chi connectivity index (χ1v) is 12.1. The molecule has 3 fully saturated rings. The molecule has 1 aliphatic carbocycles. The van der Waals surface area contributed by atoms with Crippen molar-refractivity contribution < 1.29 is 14.3 Å². The molecule has 2 amide bonds. The number of benzene rings is 2. The molecule has 0 radical (unpaired) electrons. The third-order valence-corrected chi connectivity index (χ3v) is 7.33. The van der Waals surface area contributed by atoms with Gasteiger partial charge in [-0.25, -0.2) is 0 Å². The van der Waals surface area contributed by atoms with E-state index in [2.05, 4.69) is 10.2 Å². The standard InChI is InChI=1S/C27H33N3O3/c1-18-7-9-21(10-8-18)30-25(31)14-13-23(26(30)22-5-3-4-6-24(22)33-2)27(32)28-19-15-16-29(17-19)20-11-12-20/h3-10,19-20,23,26H,11-17H2,1-2H3,(H,28,32). The number of carbonyl (C=O) groups excluding carboxylic acids is 2. The van der Waals surface area contributed by atoms with Crippen molar-refractivity contribution >= 4 is 17.5 Å². The molecule has 6 heteroatoms. The Morgan fingerprint density at radius 1 is 1.03 bits per heavy atom. The van der Waals surface area contributed by atoms with Gasteiger partial charge in [0.05, 0.1) is 19.1 Å². The van der Waals surface area contributed by atoms with Crippen LogP contribution < -0.4 is 15.0 Å². The van der Waals surface area contributed by atoms with Gasteiger partial charge in [0, 0.05) is 42.8 Å². The van der Waals surface area contributed by atoms with Crippen LogP contribution >= 0.6 is 0 Å². The zero-order valence-electron chi connectivity index (χ0n) is 19.5. The molecular formula is C27H33N3O3. The Bertz CT molecular complexity index is 1020. The second kappa shape index (κ2) is 9.18. The topological polar surface area (TPSA) is 61.9 Å². The van der Waals surface area contributed by atoms with Gasteiger partial charge in [-0.3, -0.25) is 14.5 Å². The van der Waals surface area contributed by atoms with Gasteiger partial charge in [0.1, 0.15) is 5.75 Å². The number of anilines is 1. The predicted octanol–water partition coefficient (Wildman–Crippen LogP) is 3.84. The maximum absolute atomic E-state index is 13.7.